The summed E-state index contributed by atoms with van der Waals surface area (Å²) < 4.78 is 5.25. The van der Waals surface area contributed by atoms with Gasteiger partial charge in [-0.1, -0.05) is 25.9 Å². The van der Waals surface area contributed by atoms with E-state index in [0.29, 0.717) is 12.4 Å². The van der Waals surface area contributed by atoms with Gasteiger partial charge < -0.3 is 9.63 Å². The van der Waals surface area contributed by atoms with Crippen molar-refractivity contribution in [3.05, 3.63) is 11.7 Å². The van der Waals surface area contributed by atoms with E-state index >= 15 is 0 Å². The fourth-order valence-corrected chi connectivity index (χ4v) is 1.90. The van der Waals surface area contributed by atoms with Gasteiger partial charge in [0.2, 0.25) is 5.89 Å². The number of likely N-dealkylation sites (tertiary alicyclic amines) is 1. The fourth-order valence-electron chi connectivity index (χ4n) is 1.90. The van der Waals surface area contributed by atoms with Gasteiger partial charge in [0.15, 0.2) is 5.82 Å². The lowest BCUT2D eigenvalue weighted by Crippen LogP contribution is -2.35. The zero-order valence-electron chi connectivity index (χ0n) is 10.8. The van der Waals surface area contributed by atoms with Crippen molar-refractivity contribution in [3.63, 3.8) is 0 Å². The smallest absolute Gasteiger partial charge is 0.232 e. The van der Waals surface area contributed by atoms with Gasteiger partial charge in [0.25, 0.3) is 0 Å². The van der Waals surface area contributed by atoms with Crippen molar-refractivity contribution >= 4 is 0 Å². The minimum Gasteiger partial charge on any atom is -0.393 e. The van der Waals surface area contributed by atoms with E-state index < -0.39 is 0 Å². The van der Waals surface area contributed by atoms with Gasteiger partial charge in [-0.15, -0.1) is 0 Å². The molecular weight excluding hydrogens is 218 g/mol. The molecule has 1 aliphatic rings. The number of hydrogen-bond acceptors (Lipinski definition) is 5. The number of nitrogens with zero attached hydrogens (tertiary/aromatic N) is 3. The number of piperidine rings is 1. The van der Waals surface area contributed by atoms with E-state index in [0.717, 1.165) is 31.8 Å². The molecule has 0 atom stereocenters. The molecule has 17 heavy (non-hydrogen) atoms. The van der Waals surface area contributed by atoms with Crippen molar-refractivity contribution in [2.75, 3.05) is 13.1 Å². The molecule has 2 heterocycles. The van der Waals surface area contributed by atoms with E-state index in [1.165, 1.54) is 0 Å². The van der Waals surface area contributed by atoms with Crippen LogP contribution in [0.25, 0.3) is 0 Å². The first kappa shape index (κ1) is 12.5. The molecule has 5 nitrogen and oxygen atoms in total. The fraction of sp³-hybridized carbons (Fsp3) is 0.833. The van der Waals surface area contributed by atoms with Crippen molar-refractivity contribution in [1.82, 2.24) is 15.0 Å². The van der Waals surface area contributed by atoms with Crippen LogP contribution in [0.2, 0.25) is 0 Å². The van der Waals surface area contributed by atoms with Crippen LogP contribution >= 0.6 is 0 Å². The Hall–Kier alpha value is -0.940. The molecule has 1 aromatic rings. The van der Waals surface area contributed by atoms with Gasteiger partial charge in [-0.25, -0.2) is 0 Å². The van der Waals surface area contributed by atoms with E-state index in [9.17, 15) is 5.11 Å². The molecule has 0 radical (unpaired) electrons. The molecule has 1 N–H and O–H groups in total. The molecule has 1 fully saturated rings. The maximum absolute atomic E-state index is 9.43. The van der Waals surface area contributed by atoms with Crippen LogP contribution in [-0.4, -0.2) is 39.3 Å². The summed E-state index contributed by atoms with van der Waals surface area (Å²) in [5.41, 5.74) is -0.0939. The molecule has 0 saturated carbocycles. The van der Waals surface area contributed by atoms with Gasteiger partial charge in [0, 0.05) is 18.5 Å². The molecule has 1 aliphatic heterocycles. The van der Waals surface area contributed by atoms with Gasteiger partial charge in [0.05, 0.1) is 12.6 Å². The van der Waals surface area contributed by atoms with Gasteiger partial charge in [-0.3, -0.25) is 4.90 Å². The number of rotatable bonds is 2. The van der Waals surface area contributed by atoms with Gasteiger partial charge in [-0.2, -0.15) is 4.98 Å². The van der Waals surface area contributed by atoms with Crippen LogP contribution in [0.4, 0.5) is 0 Å². The van der Waals surface area contributed by atoms with Crippen LogP contribution in [0.3, 0.4) is 0 Å². The Balaban J connectivity index is 1.93. The number of aromatic nitrogens is 2. The van der Waals surface area contributed by atoms with E-state index in [-0.39, 0.29) is 11.5 Å². The highest BCUT2D eigenvalue weighted by Gasteiger charge is 2.23. The van der Waals surface area contributed by atoms with Gasteiger partial charge in [-0.05, 0) is 12.8 Å². The first-order valence-corrected chi connectivity index (χ1v) is 6.18. The highest BCUT2D eigenvalue weighted by Crippen LogP contribution is 2.20. The molecule has 1 aromatic heterocycles. The predicted molar refractivity (Wildman–Crippen MR) is 63.5 cm³/mol. The summed E-state index contributed by atoms with van der Waals surface area (Å²) in [6.45, 7) is 8.69. The molecule has 0 spiro atoms. The average Bonchev–Trinajstić information content (AvgIpc) is 2.69. The van der Waals surface area contributed by atoms with Crippen molar-refractivity contribution in [2.24, 2.45) is 0 Å². The lowest BCUT2D eigenvalue weighted by Gasteiger charge is -2.28. The topological polar surface area (TPSA) is 62.4 Å². The zero-order chi connectivity index (χ0) is 12.5. The monoisotopic (exact) mass is 239 g/mol. The molecule has 5 heteroatoms. The molecule has 96 valence electrons. The largest absolute Gasteiger partial charge is 0.393 e. The third-order valence-electron chi connectivity index (χ3n) is 3.03. The highest BCUT2D eigenvalue weighted by molar-refractivity contribution is 4.98. The number of hydrogen-bond donors (Lipinski definition) is 1. The molecule has 2 rings (SSSR count). The van der Waals surface area contributed by atoms with Crippen LogP contribution in [-0.2, 0) is 12.0 Å². The number of aliphatic hydroxyl groups is 1. The Morgan fingerprint density at radius 1 is 1.35 bits per heavy atom. The molecule has 0 amide bonds. The zero-order valence-corrected chi connectivity index (χ0v) is 10.8. The molecule has 1 saturated heterocycles. The van der Waals surface area contributed by atoms with Crippen molar-refractivity contribution < 1.29 is 9.63 Å². The number of aliphatic hydroxyl groups excluding tert-OH is 1. The highest BCUT2D eigenvalue weighted by atomic mass is 16.5. The molecule has 0 unspecified atom stereocenters. The van der Waals surface area contributed by atoms with E-state index in [1.54, 1.807) is 0 Å². The SMILES string of the molecule is CC(C)(C)c1nc(CN2CCC(O)CC2)no1. The third-order valence-corrected chi connectivity index (χ3v) is 3.03. The first-order chi connectivity index (χ1) is 7.95. The first-order valence-electron chi connectivity index (χ1n) is 6.18. The lowest BCUT2D eigenvalue weighted by atomic mass is 9.97. The van der Waals surface area contributed by atoms with Crippen molar-refractivity contribution in [3.8, 4) is 0 Å². The Bertz CT molecular complexity index is 362. The Kier molecular flexibility index (Phi) is 3.49. The summed E-state index contributed by atoms with van der Waals surface area (Å²) >= 11 is 0. The summed E-state index contributed by atoms with van der Waals surface area (Å²) in [4.78, 5) is 6.67. The van der Waals surface area contributed by atoms with Crippen molar-refractivity contribution in [1.29, 1.82) is 0 Å². The molecule has 0 aromatic carbocycles. The third kappa shape index (κ3) is 3.26. The average molecular weight is 239 g/mol. The van der Waals surface area contributed by atoms with Crippen LogP contribution in [0.5, 0.6) is 0 Å². The predicted octanol–water partition coefficient (Wildman–Crippen LogP) is 1.32. The second kappa shape index (κ2) is 4.74. The van der Waals surface area contributed by atoms with Crippen molar-refractivity contribution in [2.45, 2.75) is 51.7 Å². The summed E-state index contributed by atoms with van der Waals surface area (Å²) in [7, 11) is 0. The Labute approximate surface area is 102 Å². The van der Waals surface area contributed by atoms with Crippen LogP contribution in [0.1, 0.15) is 45.3 Å². The summed E-state index contributed by atoms with van der Waals surface area (Å²) in [6, 6.07) is 0. The second-order valence-electron chi connectivity index (χ2n) is 5.77. The van der Waals surface area contributed by atoms with E-state index in [1.807, 2.05) is 0 Å². The van der Waals surface area contributed by atoms with Crippen LogP contribution in [0.15, 0.2) is 4.52 Å². The van der Waals surface area contributed by atoms with Crippen LogP contribution < -0.4 is 0 Å². The standard InChI is InChI=1S/C12H21N3O2/c1-12(2,3)11-13-10(14-17-11)8-15-6-4-9(16)5-7-15/h9,16H,4-8H2,1-3H3. The Morgan fingerprint density at radius 3 is 2.53 bits per heavy atom. The quantitative estimate of drug-likeness (QED) is 0.843. The second-order valence-corrected chi connectivity index (χ2v) is 5.77. The van der Waals surface area contributed by atoms with Gasteiger partial charge in [0.1, 0.15) is 0 Å². The lowest BCUT2D eigenvalue weighted by molar-refractivity contribution is 0.0777. The summed E-state index contributed by atoms with van der Waals surface area (Å²) in [6.07, 6.45) is 1.54. The van der Waals surface area contributed by atoms with Gasteiger partial charge >= 0.3 is 0 Å². The van der Waals surface area contributed by atoms with Crippen LogP contribution in [0, 0.1) is 0 Å². The normalized spacial score (nSPS) is 19.8. The molecule has 0 bridgehead atoms. The van der Waals surface area contributed by atoms with E-state index in [4.69, 9.17) is 4.52 Å². The minimum atomic E-state index is -0.137. The molecule has 0 aliphatic carbocycles. The van der Waals surface area contributed by atoms with E-state index in [2.05, 4.69) is 35.8 Å². The summed E-state index contributed by atoms with van der Waals surface area (Å²) in [5.74, 6) is 1.43. The Morgan fingerprint density at radius 2 is 2.00 bits per heavy atom. The summed E-state index contributed by atoms with van der Waals surface area (Å²) in [5, 5.41) is 13.4. The molecular formula is C12H21N3O2. The maximum Gasteiger partial charge on any atom is 0.232 e. The maximum atomic E-state index is 9.43. The minimum absolute atomic E-state index is 0.0939.